The molecule has 0 N–H and O–H groups in total. The molecule has 1 aromatic carbocycles. The second-order valence-corrected chi connectivity index (χ2v) is 5.48. The van der Waals surface area contributed by atoms with E-state index in [0.717, 1.165) is 22.4 Å². The van der Waals surface area contributed by atoms with Gasteiger partial charge in [0.1, 0.15) is 17.4 Å². The van der Waals surface area contributed by atoms with Crippen LogP contribution in [0.3, 0.4) is 0 Å². The predicted molar refractivity (Wildman–Crippen MR) is 86.2 cm³/mol. The van der Waals surface area contributed by atoms with Crippen molar-refractivity contribution in [3.8, 4) is 5.75 Å². The first-order valence-electron chi connectivity index (χ1n) is 7.35. The van der Waals surface area contributed by atoms with Gasteiger partial charge in [0, 0.05) is 20.6 Å². The Morgan fingerprint density at radius 2 is 2.08 bits per heavy atom. The first-order chi connectivity index (χ1) is 11.4. The molecule has 0 aliphatic carbocycles. The molecule has 2 aromatic heterocycles. The summed E-state index contributed by atoms with van der Waals surface area (Å²) in [6, 6.07) is 6.63. The number of benzene rings is 1. The van der Waals surface area contributed by atoms with Crippen LogP contribution < -0.4 is 9.64 Å². The van der Waals surface area contributed by atoms with Gasteiger partial charge in [0.05, 0.1) is 11.6 Å². The van der Waals surface area contributed by atoms with Gasteiger partial charge in [0.15, 0.2) is 5.65 Å². The Kier molecular flexibility index (Phi) is 4.28. The fourth-order valence-corrected chi connectivity index (χ4v) is 2.57. The number of hydrogen-bond donors (Lipinski definition) is 0. The molecule has 0 atom stereocenters. The van der Waals surface area contributed by atoms with E-state index in [1.165, 1.54) is 6.07 Å². The molecule has 24 heavy (non-hydrogen) atoms. The van der Waals surface area contributed by atoms with Gasteiger partial charge in [-0.25, -0.2) is 9.97 Å². The summed E-state index contributed by atoms with van der Waals surface area (Å²) in [5, 5.41) is 5.06. The lowest BCUT2D eigenvalue weighted by Crippen LogP contribution is -2.19. The number of halogens is 2. The molecule has 0 saturated heterocycles. The highest BCUT2D eigenvalue weighted by Crippen LogP contribution is 2.24. The molecule has 0 unspecified atom stereocenters. The molecule has 3 rings (SSSR count). The summed E-state index contributed by atoms with van der Waals surface area (Å²) in [6.07, 6.45) is 1.72. The molecule has 0 radical (unpaired) electrons. The lowest BCUT2D eigenvalue weighted by atomic mass is 10.2. The maximum absolute atomic E-state index is 12.3. The fraction of sp³-hybridized carbons (Fsp3) is 0.312. The minimum Gasteiger partial charge on any atom is -0.435 e. The molecule has 126 valence electrons. The van der Waals surface area contributed by atoms with Gasteiger partial charge in [0.2, 0.25) is 0 Å². The molecule has 0 spiro atoms. The van der Waals surface area contributed by atoms with E-state index in [9.17, 15) is 8.78 Å². The number of aromatic nitrogens is 4. The first-order valence-corrected chi connectivity index (χ1v) is 7.35. The van der Waals surface area contributed by atoms with Crippen LogP contribution >= 0.6 is 0 Å². The van der Waals surface area contributed by atoms with Crippen molar-refractivity contribution in [3.63, 3.8) is 0 Å². The Morgan fingerprint density at radius 1 is 1.29 bits per heavy atom. The van der Waals surface area contributed by atoms with E-state index < -0.39 is 6.61 Å². The van der Waals surface area contributed by atoms with Crippen LogP contribution in [-0.2, 0) is 13.6 Å². The molecule has 6 nitrogen and oxygen atoms in total. The zero-order valence-electron chi connectivity index (χ0n) is 13.6. The van der Waals surface area contributed by atoms with Crippen molar-refractivity contribution in [1.29, 1.82) is 0 Å². The van der Waals surface area contributed by atoms with Crippen molar-refractivity contribution in [1.82, 2.24) is 19.7 Å². The van der Waals surface area contributed by atoms with Gasteiger partial charge in [0.25, 0.3) is 0 Å². The number of rotatable bonds is 5. The lowest BCUT2D eigenvalue weighted by Gasteiger charge is -2.19. The zero-order valence-corrected chi connectivity index (χ0v) is 13.6. The van der Waals surface area contributed by atoms with Crippen molar-refractivity contribution in [2.45, 2.75) is 20.1 Å². The van der Waals surface area contributed by atoms with Gasteiger partial charge < -0.3 is 9.64 Å². The van der Waals surface area contributed by atoms with E-state index in [0.29, 0.717) is 12.4 Å². The number of alkyl halides is 2. The molecule has 0 fully saturated rings. The highest BCUT2D eigenvalue weighted by molar-refractivity contribution is 5.86. The van der Waals surface area contributed by atoms with Crippen LogP contribution in [0.5, 0.6) is 5.75 Å². The average Bonchev–Trinajstić information content (AvgIpc) is 2.87. The van der Waals surface area contributed by atoms with E-state index in [2.05, 4.69) is 19.8 Å². The SMILES string of the molecule is Cc1nc(N(C)Cc2cccc(OC(F)F)c2)c2cnn(C)c2n1. The average molecular weight is 333 g/mol. The highest BCUT2D eigenvalue weighted by Gasteiger charge is 2.14. The van der Waals surface area contributed by atoms with E-state index in [4.69, 9.17) is 0 Å². The Labute approximate surface area is 137 Å². The molecule has 0 aliphatic rings. The summed E-state index contributed by atoms with van der Waals surface area (Å²) in [4.78, 5) is 10.8. The van der Waals surface area contributed by atoms with Gasteiger partial charge in [-0.3, -0.25) is 4.68 Å². The van der Waals surface area contributed by atoms with Crippen LogP contribution in [0.4, 0.5) is 14.6 Å². The standard InChI is InChI=1S/C16H17F2N5O/c1-10-20-14(13-8-19-23(3)15(13)21-10)22(2)9-11-5-4-6-12(7-11)24-16(17)18/h4-8,16H,9H2,1-3H3. The minimum absolute atomic E-state index is 0.140. The zero-order chi connectivity index (χ0) is 17.3. The Hall–Kier alpha value is -2.77. The monoisotopic (exact) mass is 333 g/mol. The lowest BCUT2D eigenvalue weighted by molar-refractivity contribution is -0.0498. The van der Waals surface area contributed by atoms with Crippen molar-refractivity contribution in [2.24, 2.45) is 7.05 Å². The highest BCUT2D eigenvalue weighted by atomic mass is 19.3. The molecule has 0 saturated carbocycles. The van der Waals surface area contributed by atoms with E-state index in [1.807, 2.05) is 32.0 Å². The van der Waals surface area contributed by atoms with Crippen LogP contribution in [0.25, 0.3) is 11.0 Å². The van der Waals surface area contributed by atoms with Crippen molar-refractivity contribution < 1.29 is 13.5 Å². The summed E-state index contributed by atoms with van der Waals surface area (Å²) in [5.41, 5.74) is 1.59. The molecule has 8 heteroatoms. The predicted octanol–water partition coefficient (Wildman–Crippen LogP) is 2.91. The Balaban J connectivity index is 1.89. The van der Waals surface area contributed by atoms with Crippen molar-refractivity contribution >= 4 is 16.9 Å². The molecule has 2 heterocycles. The quantitative estimate of drug-likeness (QED) is 0.718. The number of hydrogen-bond acceptors (Lipinski definition) is 5. The summed E-state index contributed by atoms with van der Waals surface area (Å²) in [7, 11) is 3.71. The van der Waals surface area contributed by atoms with Gasteiger partial charge in [-0.15, -0.1) is 0 Å². The molecular formula is C16H17F2N5O. The smallest absolute Gasteiger partial charge is 0.387 e. The number of ether oxygens (including phenoxy) is 1. The number of anilines is 1. The summed E-state index contributed by atoms with van der Waals surface area (Å²) in [6.45, 7) is -0.528. The number of fused-ring (bicyclic) bond motifs is 1. The van der Waals surface area contributed by atoms with E-state index in [1.54, 1.807) is 23.0 Å². The fourth-order valence-electron chi connectivity index (χ4n) is 2.57. The van der Waals surface area contributed by atoms with Crippen LogP contribution in [0.1, 0.15) is 11.4 Å². The third kappa shape index (κ3) is 3.27. The molecular weight excluding hydrogens is 316 g/mol. The Bertz CT molecular complexity index is 865. The topological polar surface area (TPSA) is 56.1 Å². The molecule has 0 aliphatic heterocycles. The summed E-state index contributed by atoms with van der Waals surface area (Å²) in [5.74, 6) is 1.52. The first kappa shape index (κ1) is 16.1. The largest absolute Gasteiger partial charge is 0.435 e. The third-order valence-electron chi connectivity index (χ3n) is 3.59. The Morgan fingerprint density at radius 3 is 2.83 bits per heavy atom. The maximum Gasteiger partial charge on any atom is 0.387 e. The van der Waals surface area contributed by atoms with Crippen LogP contribution in [0.15, 0.2) is 30.5 Å². The maximum atomic E-state index is 12.3. The van der Waals surface area contributed by atoms with E-state index in [-0.39, 0.29) is 5.75 Å². The van der Waals surface area contributed by atoms with Crippen LogP contribution in [0, 0.1) is 6.92 Å². The molecule has 0 bridgehead atoms. The summed E-state index contributed by atoms with van der Waals surface area (Å²) >= 11 is 0. The molecule has 3 aromatic rings. The normalized spacial score (nSPS) is 11.2. The molecule has 0 amide bonds. The van der Waals surface area contributed by atoms with Gasteiger partial charge in [-0.1, -0.05) is 12.1 Å². The number of aryl methyl sites for hydroxylation is 2. The second-order valence-electron chi connectivity index (χ2n) is 5.48. The van der Waals surface area contributed by atoms with Crippen molar-refractivity contribution in [3.05, 3.63) is 41.9 Å². The van der Waals surface area contributed by atoms with Gasteiger partial charge in [-0.05, 0) is 24.6 Å². The minimum atomic E-state index is -2.84. The van der Waals surface area contributed by atoms with Crippen molar-refractivity contribution in [2.75, 3.05) is 11.9 Å². The number of nitrogens with zero attached hydrogens (tertiary/aromatic N) is 5. The third-order valence-corrected chi connectivity index (χ3v) is 3.59. The van der Waals surface area contributed by atoms with Gasteiger partial charge >= 0.3 is 6.61 Å². The van der Waals surface area contributed by atoms with Crippen LogP contribution in [-0.4, -0.2) is 33.4 Å². The van der Waals surface area contributed by atoms with Gasteiger partial charge in [-0.2, -0.15) is 13.9 Å². The second kappa shape index (κ2) is 6.38. The van der Waals surface area contributed by atoms with Crippen LogP contribution in [0.2, 0.25) is 0 Å². The van der Waals surface area contributed by atoms with E-state index >= 15 is 0 Å². The summed E-state index contributed by atoms with van der Waals surface area (Å²) < 4.78 is 30.8.